The smallest absolute Gasteiger partial charge is 0.315 e. The number of benzene rings is 3. The topological polar surface area (TPSA) is 88.7 Å². The molecule has 0 heterocycles. The zero-order valence-corrected chi connectivity index (χ0v) is 17.3. The minimum atomic E-state index is -0.405. The number of rotatable bonds is 9. The highest BCUT2D eigenvalue weighted by Crippen LogP contribution is 2.25. The molecule has 0 radical (unpaired) electrons. The average molecular weight is 419 g/mol. The maximum Gasteiger partial charge on any atom is 0.315 e. The molecule has 7 heteroatoms. The van der Waals surface area contributed by atoms with Crippen LogP contribution in [0.1, 0.15) is 12.5 Å². The van der Waals surface area contributed by atoms with Gasteiger partial charge < -0.3 is 25.4 Å². The molecule has 3 amide bonds. The van der Waals surface area contributed by atoms with Gasteiger partial charge in [0.25, 0.3) is 0 Å². The number of amides is 3. The Morgan fingerprint density at radius 3 is 2.03 bits per heavy atom. The van der Waals surface area contributed by atoms with E-state index in [1.807, 2.05) is 61.5 Å². The number of ether oxygens (including phenoxy) is 2. The first-order valence-corrected chi connectivity index (χ1v) is 9.98. The van der Waals surface area contributed by atoms with E-state index in [1.54, 1.807) is 24.3 Å². The molecular weight excluding hydrogens is 394 g/mol. The highest BCUT2D eigenvalue weighted by atomic mass is 16.5. The molecule has 3 rings (SSSR count). The van der Waals surface area contributed by atoms with Crippen LogP contribution in [-0.4, -0.2) is 25.1 Å². The van der Waals surface area contributed by atoms with E-state index in [2.05, 4.69) is 16.0 Å². The summed E-state index contributed by atoms with van der Waals surface area (Å²) < 4.78 is 11.2. The first-order chi connectivity index (χ1) is 15.1. The molecule has 0 saturated carbocycles. The Bertz CT molecular complexity index is 974. The van der Waals surface area contributed by atoms with E-state index in [-0.39, 0.29) is 12.5 Å². The zero-order chi connectivity index (χ0) is 21.9. The minimum absolute atomic E-state index is 0.134. The van der Waals surface area contributed by atoms with Gasteiger partial charge in [-0.1, -0.05) is 30.3 Å². The summed E-state index contributed by atoms with van der Waals surface area (Å²) in [4.78, 5) is 23.9. The van der Waals surface area contributed by atoms with Crippen molar-refractivity contribution in [2.45, 2.75) is 13.5 Å². The predicted molar refractivity (Wildman–Crippen MR) is 119 cm³/mol. The van der Waals surface area contributed by atoms with Crippen LogP contribution in [0.3, 0.4) is 0 Å². The molecule has 3 N–H and O–H groups in total. The van der Waals surface area contributed by atoms with E-state index in [4.69, 9.17) is 9.47 Å². The van der Waals surface area contributed by atoms with Crippen LogP contribution in [0, 0.1) is 0 Å². The third-order valence-corrected chi connectivity index (χ3v) is 4.21. The van der Waals surface area contributed by atoms with Gasteiger partial charge in [-0.25, -0.2) is 4.79 Å². The first-order valence-electron chi connectivity index (χ1n) is 9.98. The lowest BCUT2D eigenvalue weighted by atomic mass is 10.2. The Labute approximate surface area is 181 Å². The molecule has 7 nitrogen and oxygen atoms in total. The van der Waals surface area contributed by atoms with E-state index in [1.165, 1.54) is 0 Å². The van der Waals surface area contributed by atoms with Crippen LogP contribution in [0.5, 0.6) is 17.2 Å². The molecule has 3 aromatic rings. The minimum Gasteiger partial charge on any atom is -0.494 e. The quantitative estimate of drug-likeness (QED) is 0.482. The van der Waals surface area contributed by atoms with Crippen LogP contribution in [0.15, 0.2) is 78.9 Å². The molecule has 0 spiro atoms. The van der Waals surface area contributed by atoms with Crippen LogP contribution < -0.4 is 25.4 Å². The van der Waals surface area contributed by atoms with Crippen molar-refractivity contribution in [1.82, 2.24) is 10.6 Å². The van der Waals surface area contributed by atoms with Crippen LogP contribution in [-0.2, 0) is 11.3 Å². The third-order valence-electron chi connectivity index (χ3n) is 4.21. The second kappa shape index (κ2) is 11.3. The standard InChI is InChI=1S/C24H25N3O4/c1-2-30-20-12-14-22(15-13-20)31-21-10-8-19(9-11-21)27-23(28)17-26-24(29)25-16-18-6-4-3-5-7-18/h3-15H,2,16-17H2,1H3,(H,27,28)(H2,25,26,29). The molecule has 0 saturated heterocycles. The van der Waals surface area contributed by atoms with Gasteiger partial charge in [0, 0.05) is 12.2 Å². The number of carbonyl (C=O) groups is 2. The fraction of sp³-hybridized carbons (Fsp3) is 0.167. The molecule has 0 aliphatic rings. The molecule has 0 bridgehead atoms. The van der Waals surface area contributed by atoms with Gasteiger partial charge in [0.2, 0.25) is 5.91 Å². The second-order valence-electron chi connectivity index (χ2n) is 6.60. The summed E-state index contributed by atoms with van der Waals surface area (Å²) in [5.74, 6) is 1.79. The molecule has 0 aliphatic heterocycles. The van der Waals surface area contributed by atoms with Crippen LogP contribution in [0.25, 0.3) is 0 Å². The molecule has 0 fully saturated rings. The maximum absolute atomic E-state index is 12.1. The molecule has 0 aliphatic carbocycles. The Hall–Kier alpha value is -4.00. The number of hydrogen-bond donors (Lipinski definition) is 3. The number of hydrogen-bond acceptors (Lipinski definition) is 4. The summed E-state index contributed by atoms with van der Waals surface area (Å²) >= 11 is 0. The Kier molecular flexibility index (Phi) is 7.88. The second-order valence-corrected chi connectivity index (χ2v) is 6.60. The first kappa shape index (κ1) is 21.7. The van der Waals surface area contributed by atoms with Crippen molar-refractivity contribution in [2.24, 2.45) is 0 Å². The van der Waals surface area contributed by atoms with Crippen LogP contribution in [0.2, 0.25) is 0 Å². The third kappa shape index (κ3) is 7.40. The van der Waals surface area contributed by atoms with Crippen LogP contribution >= 0.6 is 0 Å². The van der Waals surface area contributed by atoms with Gasteiger partial charge in [0.1, 0.15) is 17.2 Å². The van der Waals surface area contributed by atoms with Gasteiger partial charge in [-0.15, -0.1) is 0 Å². The molecule has 31 heavy (non-hydrogen) atoms. The predicted octanol–water partition coefficient (Wildman–Crippen LogP) is 4.32. The van der Waals surface area contributed by atoms with Crippen molar-refractivity contribution in [3.63, 3.8) is 0 Å². The number of urea groups is 1. The van der Waals surface area contributed by atoms with E-state index in [0.717, 1.165) is 11.3 Å². The Morgan fingerprint density at radius 1 is 0.774 bits per heavy atom. The van der Waals surface area contributed by atoms with Crippen molar-refractivity contribution >= 4 is 17.6 Å². The summed E-state index contributed by atoms with van der Waals surface area (Å²) in [5.41, 5.74) is 1.59. The SMILES string of the molecule is CCOc1ccc(Oc2ccc(NC(=O)CNC(=O)NCc3ccccc3)cc2)cc1. The van der Waals surface area contributed by atoms with Crippen molar-refractivity contribution in [3.8, 4) is 17.2 Å². The summed E-state index contributed by atoms with van der Waals surface area (Å²) in [5, 5.41) is 7.97. The fourth-order valence-corrected chi connectivity index (χ4v) is 2.72. The molecule has 0 aromatic heterocycles. The van der Waals surface area contributed by atoms with Crippen molar-refractivity contribution in [1.29, 1.82) is 0 Å². The normalized spacial score (nSPS) is 10.1. The number of anilines is 1. The lowest BCUT2D eigenvalue weighted by Crippen LogP contribution is -2.39. The summed E-state index contributed by atoms with van der Waals surface area (Å²) in [7, 11) is 0. The van der Waals surface area contributed by atoms with E-state index < -0.39 is 6.03 Å². The highest BCUT2D eigenvalue weighted by molar-refractivity contribution is 5.94. The number of nitrogens with one attached hydrogen (secondary N) is 3. The van der Waals surface area contributed by atoms with Gasteiger partial charge in [0.05, 0.1) is 13.2 Å². The summed E-state index contributed by atoms with van der Waals surface area (Å²) in [6, 6.07) is 23.5. The Morgan fingerprint density at radius 2 is 1.39 bits per heavy atom. The van der Waals surface area contributed by atoms with Gasteiger partial charge in [-0.2, -0.15) is 0 Å². The molecular formula is C24H25N3O4. The fourth-order valence-electron chi connectivity index (χ4n) is 2.72. The maximum atomic E-state index is 12.1. The van der Waals surface area contributed by atoms with Crippen LogP contribution in [0.4, 0.5) is 10.5 Å². The zero-order valence-electron chi connectivity index (χ0n) is 17.3. The summed E-state index contributed by atoms with van der Waals surface area (Å²) in [6.07, 6.45) is 0. The number of carbonyl (C=O) groups excluding carboxylic acids is 2. The Balaban J connectivity index is 1.40. The van der Waals surface area contributed by atoms with Gasteiger partial charge in [-0.3, -0.25) is 4.79 Å². The molecule has 160 valence electrons. The van der Waals surface area contributed by atoms with Gasteiger partial charge >= 0.3 is 6.03 Å². The van der Waals surface area contributed by atoms with Crippen molar-refractivity contribution in [2.75, 3.05) is 18.5 Å². The lowest BCUT2D eigenvalue weighted by molar-refractivity contribution is -0.115. The van der Waals surface area contributed by atoms with E-state index in [0.29, 0.717) is 30.3 Å². The molecule has 0 unspecified atom stereocenters. The van der Waals surface area contributed by atoms with Crippen molar-refractivity contribution in [3.05, 3.63) is 84.4 Å². The van der Waals surface area contributed by atoms with Gasteiger partial charge in [-0.05, 0) is 61.0 Å². The van der Waals surface area contributed by atoms with E-state index >= 15 is 0 Å². The average Bonchev–Trinajstić information content (AvgIpc) is 2.80. The van der Waals surface area contributed by atoms with Crippen molar-refractivity contribution < 1.29 is 19.1 Å². The monoisotopic (exact) mass is 419 g/mol. The van der Waals surface area contributed by atoms with E-state index in [9.17, 15) is 9.59 Å². The molecule has 3 aromatic carbocycles. The highest BCUT2D eigenvalue weighted by Gasteiger charge is 2.06. The lowest BCUT2D eigenvalue weighted by Gasteiger charge is -2.10. The van der Waals surface area contributed by atoms with Gasteiger partial charge in [0.15, 0.2) is 0 Å². The summed E-state index contributed by atoms with van der Waals surface area (Å²) in [6.45, 7) is 2.80. The molecule has 0 atom stereocenters. The largest absolute Gasteiger partial charge is 0.494 e.